The predicted octanol–water partition coefficient (Wildman–Crippen LogP) is 3.69. The molecule has 0 aromatic carbocycles. The first-order valence-corrected chi connectivity index (χ1v) is 15.8. The van der Waals surface area contributed by atoms with E-state index in [1.165, 1.54) is 12.8 Å². The van der Waals surface area contributed by atoms with E-state index in [0.29, 0.717) is 18.1 Å². The summed E-state index contributed by atoms with van der Waals surface area (Å²) >= 11 is 1.93. The molecule has 4 N–H and O–H groups in total. The maximum atomic E-state index is 12.0. The Bertz CT molecular complexity index is 583. The molecule has 2 heterocycles. The molecule has 0 spiro atoms. The van der Waals surface area contributed by atoms with E-state index < -0.39 is 0 Å². The standard InChI is InChI=1S/C22H40N4O3S3/c1-30-32-15-12-20(28)24-14-9-5-3-2-4-8-13-23-19(27)11-7-6-10-18-21-17(16-31-18)25-22(29)26-21/h17-18,21H,2-16H2,1H3,(H,23,27)(H,24,28)(H2,25,26,29). The quantitative estimate of drug-likeness (QED) is 0.129. The van der Waals surface area contributed by atoms with Crippen molar-refractivity contribution in [2.24, 2.45) is 0 Å². The van der Waals surface area contributed by atoms with Crippen LogP contribution in [-0.2, 0) is 9.59 Å². The van der Waals surface area contributed by atoms with Crippen molar-refractivity contribution in [1.29, 1.82) is 0 Å². The second-order valence-corrected chi connectivity index (χ2v) is 12.4. The van der Waals surface area contributed by atoms with Gasteiger partial charge in [0, 0.05) is 42.7 Å². The zero-order valence-electron chi connectivity index (χ0n) is 19.3. The van der Waals surface area contributed by atoms with Gasteiger partial charge in [-0.05, 0) is 31.9 Å². The first-order valence-electron chi connectivity index (χ1n) is 12.0. The second kappa shape index (κ2) is 16.8. The summed E-state index contributed by atoms with van der Waals surface area (Å²) in [6.45, 7) is 1.55. The van der Waals surface area contributed by atoms with E-state index in [9.17, 15) is 14.4 Å². The highest BCUT2D eigenvalue weighted by molar-refractivity contribution is 8.76. The lowest BCUT2D eigenvalue weighted by molar-refractivity contribution is -0.121. The van der Waals surface area contributed by atoms with Gasteiger partial charge in [-0.15, -0.1) is 0 Å². The van der Waals surface area contributed by atoms with Gasteiger partial charge >= 0.3 is 6.03 Å². The van der Waals surface area contributed by atoms with Crippen molar-refractivity contribution in [2.75, 3.05) is 30.9 Å². The van der Waals surface area contributed by atoms with Gasteiger partial charge in [0.25, 0.3) is 0 Å². The number of nitrogens with one attached hydrogen (secondary N) is 4. The third kappa shape index (κ3) is 11.4. The molecular formula is C22H40N4O3S3. The van der Waals surface area contributed by atoms with Gasteiger partial charge in [0.2, 0.25) is 11.8 Å². The van der Waals surface area contributed by atoms with Crippen molar-refractivity contribution in [3.05, 3.63) is 0 Å². The van der Waals surface area contributed by atoms with Crippen molar-refractivity contribution in [1.82, 2.24) is 21.3 Å². The number of unbranched alkanes of at least 4 members (excludes halogenated alkanes) is 6. The third-order valence-electron chi connectivity index (χ3n) is 5.86. The number of rotatable bonds is 18. The summed E-state index contributed by atoms with van der Waals surface area (Å²) in [7, 11) is 3.42. The van der Waals surface area contributed by atoms with Crippen LogP contribution in [0, 0.1) is 0 Å². The van der Waals surface area contributed by atoms with Crippen molar-refractivity contribution in [2.45, 2.75) is 88.0 Å². The van der Waals surface area contributed by atoms with E-state index >= 15 is 0 Å². The van der Waals surface area contributed by atoms with Crippen LogP contribution in [0.25, 0.3) is 0 Å². The Morgan fingerprint density at radius 1 is 0.938 bits per heavy atom. The van der Waals surface area contributed by atoms with Crippen LogP contribution in [0.15, 0.2) is 0 Å². The highest BCUT2D eigenvalue weighted by atomic mass is 33.1. The number of carbonyl (C=O) groups is 3. The summed E-state index contributed by atoms with van der Waals surface area (Å²) in [6, 6.07) is 0.500. The lowest BCUT2D eigenvalue weighted by atomic mass is 10.0. The summed E-state index contributed by atoms with van der Waals surface area (Å²) in [5.41, 5.74) is 0. The normalized spacial score (nSPS) is 21.7. The predicted molar refractivity (Wildman–Crippen MR) is 138 cm³/mol. The van der Waals surface area contributed by atoms with Gasteiger partial charge in [0.05, 0.1) is 12.1 Å². The molecule has 3 unspecified atom stereocenters. The topological polar surface area (TPSA) is 99.3 Å². The first-order chi connectivity index (χ1) is 15.6. The molecule has 0 aromatic heterocycles. The summed E-state index contributed by atoms with van der Waals surface area (Å²) in [6.07, 6.45) is 13.0. The van der Waals surface area contributed by atoms with E-state index in [0.717, 1.165) is 69.5 Å². The van der Waals surface area contributed by atoms with Gasteiger partial charge in [-0.3, -0.25) is 9.59 Å². The van der Waals surface area contributed by atoms with Crippen LogP contribution in [0.3, 0.4) is 0 Å². The molecule has 7 nitrogen and oxygen atoms in total. The fourth-order valence-electron chi connectivity index (χ4n) is 4.08. The molecule has 184 valence electrons. The number of hydrogen-bond donors (Lipinski definition) is 4. The van der Waals surface area contributed by atoms with Crippen molar-refractivity contribution >= 4 is 51.2 Å². The lowest BCUT2D eigenvalue weighted by Gasteiger charge is -2.16. The largest absolute Gasteiger partial charge is 0.356 e. The zero-order chi connectivity index (χ0) is 23.0. The number of amides is 4. The van der Waals surface area contributed by atoms with E-state index in [2.05, 4.69) is 21.3 Å². The molecule has 10 heteroatoms. The number of thioether (sulfide) groups is 1. The van der Waals surface area contributed by atoms with Gasteiger partial charge < -0.3 is 21.3 Å². The Morgan fingerprint density at radius 3 is 2.28 bits per heavy atom. The monoisotopic (exact) mass is 504 g/mol. The molecule has 0 aromatic rings. The van der Waals surface area contributed by atoms with Gasteiger partial charge in [-0.25, -0.2) is 4.79 Å². The molecule has 0 saturated carbocycles. The molecule has 2 aliphatic rings. The van der Waals surface area contributed by atoms with Crippen LogP contribution in [0.2, 0.25) is 0 Å². The molecule has 0 bridgehead atoms. The third-order valence-corrected chi connectivity index (χ3v) is 9.18. The second-order valence-electron chi connectivity index (χ2n) is 8.43. The molecule has 0 aliphatic carbocycles. The SMILES string of the molecule is CSSCCC(=O)NCCCCCCCCNC(=O)CCCCC1SCC2NC(=O)NC21. The van der Waals surface area contributed by atoms with E-state index in [4.69, 9.17) is 0 Å². The highest BCUT2D eigenvalue weighted by Crippen LogP contribution is 2.33. The summed E-state index contributed by atoms with van der Waals surface area (Å²) in [5, 5.41) is 12.5. The number of hydrogen-bond acceptors (Lipinski definition) is 6. The maximum Gasteiger partial charge on any atom is 0.315 e. The average Bonchev–Trinajstić information content (AvgIpc) is 3.32. The molecule has 4 amide bonds. The number of fused-ring (bicyclic) bond motifs is 1. The average molecular weight is 505 g/mol. The fourth-order valence-corrected chi connectivity index (χ4v) is 6.81. The Balaban J connectivity index is 1.32. The smallest absolute Gasteiger partial charge is 0.315 e. The Kier molecular flexibility index (Phi) is 14.4. The van der Waals surface area contributed by atoms with E-state index in [-0.39, 0.29) is 29.9 Å². The highest BCUT2D eigenvalue weighted by Gasteiger charge is 2.42. The Labute approximate surface area is 205 Å². The Hall–Kier alpha value is -0.740. The van der Waals surface area contributed by atoms with Crippen molar-refractivity contribution in [3.8, 4) is 0 Å². The van der Waals surface area contributed by atoms with Crippen molar-refractivity contribution in [3.63, 3.8) is 0 Å². The molecule has 2 rings (SSSR count). The fraction of sp³-hybridized carbons (Fsp3) is 0.864. The van der Waals surface area contributed by atoms with Crippen LogP contribution in [-0.4, -0.2) is 66.0 Å². The van der Waals surface area contributed by atoms with Crippen LogP contribution >= 0.6 is 33.3 Å². The summed E-state index contributed by atoms with van der Waals surface area (Å²) in [5.74, 6) is 2.18. The molecule has 2 aliphatic heterocycles. The van der Waals surface area contributed by atoms with Crippen LogP contribution in [0.1, 0.15) is 70.6 Å². The van der Waals surface area contributed by atoms with Gasteiger partial charge in [-0.2, -0.15) is 11.8 Å². The summed E-state index contributed by atoms with van der Waals surface area (Å²) in [4.78, 5) is 35.0. The van der Waals surface area contributed by atoms with Crippen molar-refractivity contribution < 1.29 is 14.4 Å². The summed E-state index contributed by atoms with van der Waals surface area (Å²) < 4.78 is 0. The van der Waals surface area contributed by atoms with Gasteiger partial charge in [0.1, 0.15) is 0 Å². The minimum absolute atomic E-state index is 0.0370. The Morgan fingerprint density at radius 2 is 1.59 bits per heavy atom. The minimum Gasteiger partial charge on any atom is -0.356 e. The lowest BCUT2D eigenvalue weighted by Crippen LogP contribution is -2.36. The van der Waals surface area contributed by atoms with Crippen LogP contribution < -0.4 is 21.3 Å². The van der Waals surface area contributed by atoms with E-state index in [1.54, 1.807) is 21.6 Å². The number of carbonyl (C=O) groups excluding carboxylic acids is 3. The maximum absolute atomic E-state index is 12.0. The molecule has 32 heavy (non-hydrogen) atoms. The molecule has 2 saturated heterocycles. The zero-order valence-corrected chi connectivity index (χ0v) is 21.7. The van der Waals surface area contributed by atoms with Gasteiger partial charge in [0.15, 0.2) is 0 Å². The van der Waals surface area contributed by atoms with Gasteiger partial charge in [-0.1, -0.05) is 53.7 Å². The van der Waals surface area contributed by atoms with E-state index in [1.807, 2.05) is 18.0 Å². The molecular weight excluding hydrogens is 464 g/mol. The number of urea groups is 1. The minimum atomic E-state index is -0.0370. The van der Waals surface area contributed by atoms with Crippen LogP contribution in [0.4, 0.5) is 4.79 Å². The molecule has 2 fully saturated rings. The first kappa shape index (κ1) is 27.5. The molecule has 3 atom stereocenters. The van der Waals surface area contributed by atoms with Crippen LogP contribution in [0.5, 0.6) is 0 Å². The molecule has 0 radical (unpaired) electrons.